The van der Waals surface area contributed by atoms with Crippen molar-refractivity contribution in [1.82, 2.24) is 0 Å². The lowest BCUT2D eigenvalue weighted by Crippen LogP contribution is -2.16. The fraction of sp³-hybridized carbons (Fsp3) is 0.467. The molecule has 1 atom stereocenters. The molecule has 1 rings (SSSR count). The summed E-state index contributed by atoms with van der Waals surface area (Å²) >= 11 is 3.13. The van der Waals surface area contributed by atoms with E-state index < -0.39 is 17.7 Å². The van der Waals surface area contributed by atoms with Gasteiger partial charge in [-0.3, -0.25) is 4.79 Å². The number of hydrogen-bond acceptors (Lipinski definition) is 2. The minimum atomic E-state index is -0.592. The number of hydrogen-bond donors (Lipinski definition) is 0. The van der Waals surface area contributed by atoms with E-state index in [1.807, 2.05) is 0 Å². The largest absolute Gasteiger partial charge is 0.469 e. The highest BCUT2D eigenvalue weighted by atomic mass is 79.9. The first kappa shape index (κ1) is 16.6. The van der Waals surface area contributed by atoms with Crippen LogP contribution in [0, 0.1) is 12.4 Å². The summed E-state index contributed by atoms with van der Waals surface area (Å²) in [6.07, 6.45) is 2.95. The lowest BCUT2D eigenvalue weighted by atomic mass is 9.93. The molecule has 0 radical (unpaired) electrons. The van der Waals surface area contributed by atoms with Gasteiger partial charge in [-0.2, -0.15) is 0 Å². The van der Waals surface area contributed by atoms with Crippen LogP contribution in [0.4, 0.5) is 4.39 Å². The molecule has 0 N–H and O–H groups in total. The van der Waals surface area contributed by atoms with Crippen LogP contribution in [0.5, 0.6) is 0 Å². The van der Waals surface area contributed by atoms with Crippen LogP contribution in [-0.2, 0) is 9.53 Å². The van der Waals surface area contributed by atoms with Crippen molar-refractivity contribution in [2.24, 2.45) is 0 Å². The van der Waals surface area contributed by atoms with Crippen LogP contribution in [0.25, 0.3) is 4.85 Å². The molecule has 20 heavy (non-hydrogen) atoms. The number of carbonyl (C=O) groups is 1. The van der Waals surface area contributed by atoms with Crippen LogP contribution >= 0.6 is 15.9 Å². The van der Waals surface area contributed by atoms with Gasteiger partial charge in [-0.05, 0) is 34.8 Å². The number of ether oxygens (including phenoxy) is 1. The molecule has 1 aromatic carbocycles. The molecule has 0 saturated heterocycles. The number of benzene rings is 1. The Bertz CT molecular complexity index is 499. The van der Waals surface area contributed by atoms with Gasteiger partial charge in [0.1, 0.15) is 5.82 Å². The van der Waals surface area contributed by atoms with E-state index in [4.69, 9.17) is 11.3 Å². The summed E-state index contributed by atoms with van der Waals surface area (Å²) in [4.78, 5) is 15.1. The molecule has 0 aliphatic heterocycles. The van der Waals surface area contributed by atoms with E-state index in [0.717, 1.165) is 19.3 Å². The number of halogens is 2. The van der Waals surface area contributed by atoms with Gasteiger partial charge in [-0.15, -0.1) is 0 Å². The maximum atomic E-state index is 14.1. The monoisotopic (exact) mass is 341 g/mol. The van der Waals surface area contributed by atoms with Crippen molar-refractivity contribution in [3.8, 4) is 0 Å². The molecule has 0 fully saturated rings. The van der Waals surface area contributed by atoms with Crippen molar-refractivity contribution < 1.29 is 13.9 Å². The van der Waals surface area contributed by atoms with E-state index >= 15 is 0 Å². The molecule has 3 nitrogen and oxygen atoms in total. The summed E-state index contributed by atoms with van der Waals surface area (Å²) < 4.78 is 19.2. The molecule has 0 aliphatic rings. The van der Waals surface area contributed by atoms with Gasteiger partial charge in [-0.25, -0.2) is 11.0 Å². The highest BCUT2D eigenvalue weighted by Gasteiger charge is 2.24. The number of carbonyl (C=O) groups excluding carboxylic acids is 1. The molecule has 0 aromatic heterocycles. The highest BCUT2D eigenvalue weighted by Crippen LogP contribution is 2.29. The summed E-state index contributed by atoms with van der Waals surface area (Å²) in [6, 6.07) is 4.92. The molecule has 108 valence electrons. The number of methoxy groups -OCH3 is 1. The van der Waals surface area contributed by atoms with E-state index in [0.29, 0.717) is 23.0 Å². The van der Waals surface area contributed by atoms with E-state index in [2.05, 4.69) is 20.8 Å². The number of esters is 1. The first-order valence-electron chi connectivity index (χ1n) is 6.46. The number of unbranched alkanes of at least 4 members (excludes halogenated alkanes) is 2. The predicted octanol–water partition coefficient (Wildman–Crippen LogP) is 4.32. The maximum Gasteiger partial charge on any atom is 0.313 e. The third-order valence-electron chi connectivity index (χ3n) is 3.11. The molecular weight excluding hydrogens is 325 g/mol. The van der Waals surface area contributed by atoms with Gasteiger partial charge in [0.15, 0.2) is 0 Å². The Morgan fingerprint density at radius 2 is 2.20 bits per heavy atom. The zero-order chi connectivity index (χ0) is 15.0. The molecule has 0 spiro atoms. The minimum absolute atomic E-state index is 0.344. The third-order valence-corrected chi connectivity index (χ3v) is 3.72. The zero-order valence-corrected chi connectivity index (χ0v) is 13.0. The van der Waals surface area contributed by atoms with Gasteiger partial charge in [0.25, 0.3) is 0 Å². The van der Waals surface area contributed by atoms with Crippen LogP contribution in [-0.4, -0.2) is 19.6 Å². The summed E-state index contributed by atoms with van der Waals surface area (Å²) in [5.74, 6) is -1.43. The van der Waals surface area contributed by atoms with Gasteiger partial charge >= 0.3 is 5.97 Å². The second kappa shape index (κ2) is 8.70. The Morgan fingerprint density at radius 3 is 2.85 bits per heavy atom. The van der Waals surface area contributed by atoms with Crippen LogP contribution in [0.1, 0.15) is 37.2 Å². The SMILES string of the molecule is [C-]#[N+]CCCCCC(C(=O)OC)c1cccc(Br)c1F. The summed E-state index contributed by atoms with van der Waals surface area (Å²) in [5.41, 5.74) is 0.358. The fourth-order valence-corrected chi connectivity index (χ4v) is 2.43. The molecular formula is C15H17BrFNO2. The molecule has 0 bridgehead atoms. The minimum Gasteiger partial charge on any atom is -0.469 e. The first-order chi connectivity index (χ1) is 9.61. The number of rotatable bonds is 7. The second-order valence-electron chi connectivity index (χ2n) is 4.45. The van der Waals surface area contributed by atoms with Crippen molar-refractivity contribution in [2.75, 3.05) is 13.7 Å². The summed E-state index contributed by atoms with van der Waals surface area (Å²) in [6.45, 7) is 7.20. The molecule has 0 heterocycles. The Morgan fingerprint density at radius 1 is 1.45 bits per heavy atom. The van der Waals surface area contributed by atoms with E-state index in [9.17, 15) is 9.18 Å². The molecule has 0 aliphatic carbocycles. The Labute approximate surface area is 127 Å². The van der Waals surface area contributed by atoms with Crippen LogP contribution in [0.2, 0.25) is 0 Å². The zero-order valence-electron chi connectivity index (χ0n) is 11.4. The lowest BCUT2D eigenvalue weighted by Gasteiger charge is -2.16. The van der Waals surface area contributed by atoms with Gasteiger partial charge in [-0.1, -0.05) is 18.6 Å². The van der Waals surface area contributed by atoms with E-state index in [1.165, 1.54) is 7.11 Å². The molecule has 0 amide bonds. The van der Waals surface area contributed by atoms with Crippen molar-refractivity contribution in [1.29, 1.82) is 0 Å². The standard InChI is InChI=1S/C15H17BrFNO2/c1-18-10-5-3-4-7-12(15(19)20-2)11-8-6-9-13(16)14(11)17/h6,8-9,12H,3-5,7,10H2,2H3. The van der Waals surface area contributed by atoms with Crippen LogP contribution in [0.3, 0.4) is 0 Å². The third kappa shape index (κ3) is 4.61. The molecule has 1 unspecified atom stereocenters. The van der Waals surface area contributed by atoms with E-state index in [1.54, 1.807) is 18.2 Å². The van der Waals surface area contributed by atoms with E-state index in [-0.39, 0.29) is 0 Å². The predicted molar refractivity (Wildman–Crippen MR) is 78.8 cm³/mol. The second-order valence-corrected chi connectivity index (χ2v) is 5.30. The van der Waals surface area contributed by atoms with Crippen molar-refractivity contribution >= 4 is 21.9 Å². The summed E-state index contributed by atoms with van der Waals surface area (Å²) in [5, 5.41) is 0. The van der Waals surface area contributed by atoms with Crippen molar-refractivity contribution in [3.05, 3.63) is 45.5 Å². The lowest BCUT2D eigenvalue weighted by molar-refractivity contribution is -0.142. The van der Waals surface area contributed by atoms with Gasteiger partial charge in [0.2, 0.25) is 6.54 Å². The normalized spacial score (nSPS) is 11.7. The maximum absolute atomic E-state index is 14.1. The van der Waals surface area contributed by atoms with Gasteiger partial charge < -0.3 is 9.58 Å². The molecule has 1 aromatic rings. The van der Waals surface area contributed by atoms with Gasteiger partial charge in [0, 0.05) is 12.0 Å². The molecule has 0 saturated carbocycles. The Hall–Kier alpha value is -1.41. The average molecular weight is 342 g/mol. The van der Waals surface area contributed by atoms with Crippen molar-refractivity contribution in [2.45, 2.75) is 31.6 Å². The van der Waals surface area contributed by atoms with Gasteiger partial charge in [0.05, 0.1) is 17.5 Å². The Kier molecular flexibility index (Phi) is 7.24. The Balaban J connectivity index is 2.77. The van der Waals surface area contributed by atoms with Crippen molar-refractivity contribution in [3.63, 3.8) is 0 Å². The average Bonchev–Trinajstić information content (AvgIpc) is 2.46. The number of nitrogens with zero attached hydrogens (tertiary/aromatic N) is 1. The highest BCUT2D eigenvalue weighted by molar-refractivity contribution is 9.10. The van der Waals surface area contributed by atoms with Crippen LogP contribution < -0.4 is 0 Å². The first-order valence-corrected chi connectivity index (χ1v) is 7.26. The summed E-state index contributed by atoms with van der Waals surface area (Å²) in [7, 11) is 1.31. The fourth-order valence-electron chi connectivity index (χ4n) is 2.05. The topological polar surface area (TPSA) is 30.7 Å². The van der Waals surface area contributed by atoms with Crippen LogP contribution in [0.15, 0.2) is 22.7 Å². The quantitative estimate of drug-likeness (QED) is 0.420. The smallest absolute Gasteiger partial charge is 0.313 e. The molecule has 5 heteroatoms.